The highest BCUT2D eigenvalue weighted by Crippen LogP contribution is 2.34. The van der Waals surface area contributed by atoms with Gasteiger partial charge < -0.3 is 4.74 Å². The molecule has 0 fully saturated rings. The summed E-state index contributed by atoms with van der Waals surface area (Å²) >= 11 is 0. The van der Waals surface area contributed by atoms with Gasteiger partial charge in [-0.05, 0) is 53.1 Å². The van der Waals surface area contributed by atoms with Gasteiger partial charge in [0.1, 0.15) is 5.75 Å². The van der Waals surface area contributed by atoms with Crippen molar-refractivity contribution in [1.82, 2.24) is 0 Å². The highest BCUT2D eigenvalue weighted by molar-refractivity contribution is 5.82. The molecule has 0 spiro atoms. The normalized spacial score (nSPS) is 11.0. The Bertz CT molecular complexity index is 733. The van der Waals surface area contributed by atoms with E-state index in [1.807, 2.05) is 24.3 Å². The van der Waals surface area contributed by atoms with Gasteiger partial charge >= 0.3 is 0 Å². The Kier molecular flexibility index (Phi) is 6.21. The van der Waals surface area contributed by atoms with Crippen LogP contribution >= 0.6 is 0 Å². The third kappa shape index (κ3) is 4.49. The monoisotopic (exact) mass is 319 g/mol. The van der Waals surface area contributed by atoms with Crippen molar-refractivity contribution in [2.24, 2.45) is 4.99 Å². The van der Waals surface area contributed by atoms with Crippen molar-refractivity contribution in [2.45, 2.75) is 39.5 Å². The minimum Gasteiger partial charge on any atom is -0.497 e. The Balaban J connectivity index is 2.27. The lowest BCUT2D eigenvalue weighted by atomic mass is 9.93. The second-order valence-corrected chi connectivity index (χ2v) is 6.35. The molecule has 0 heterocycles. The number of benzene rings is 2. The molecule has 2 heteroatoms. The Morgan fingerprint density at radius 2 is 1.50 bits per heavy atom. The molecule has 2 aromatic carbocycles. The molecule has 24 heavy (non-hydrogen) atoms. The first-order valence-corrected chi connectivity index (χ1v) is 8.33. The minimum atomic E-state index is 0.436. The number of methoxy groups -OCH3 is 1. The number of aliphatic imine (C=N–C) groups is 1. The van der Waals surface area contributed by atoms with E-state index in [0.29, 0.717) is 11.8 Å². The van der Waals surface area contributed by atoms with E-state index in [-0.39, 0.29) is 0 Å². The lowest BCUT2D eigenvalue weighted by Crippen LogP contribution is -1.95. The molecule has 0 aromatic heterocycles. The molecule has 0 bridgehead atoms. The molecule has 0 saturated heterocycles. The zero-order valence-corrected chi connectivity index (χ0v) is 15.1. The van der Waals surface area contributed by atoms with Gasteiger partial charge in [-0.15, -0.1) is 0 Å². The first-order chi connectivity index (χ1) is 11.5. The summed E-state index contributed by atoms with van der Waals surface area (Å²) in [5.41, 5.74) is 4.54. The van der Waals surface area contributed by atoms with Crippen molar-refractivity contribution in [3.8, 4) is 17.6 Å². The Morgan fingerprint density at radius 3 is 2.00 bits per heavy atom. The smallest absolute Gasteiger partial charge is 0.118 e. The molecule has 124 valence electrons. The predicted molar refractivity (Wildman–Crippen MR) is 103 cm³/mol. The molecule has 0 aliphatic carbocycles. The molecule has 0 aliphatic rings. The summed E-state index contributed by atoms with van der Waals surface area (Å²) in [7, 11) is 1.66. The Morgan fingerprint density at radius 1 is 0.917 bits per heavy atom. The predicted octanol–water partition coefficient (Wildman–Crippen LogP) is 5.70. The van der Waals surface area contributed by atoms with Crippen molar-refractivity contribution in [1.29, 1.82) is 0 Å². The quantitative estimate of drug-likeness (QED) is 0.523. The lowest BCUT2D eigenvalue weighted by Gasteiger charge is -2.15. The number of para-hydroxylation sites is 1. The Hall–Kier alpha value is -2.53. The third-order valence-electron chi connectivity index (χ3n) is 3.91. The van der Waals surface area contributed by atoms with Crippen LogP contribution in [-0.2, 0) is 0 Å². The fourth-order valence-electron chi connectivity index (χ4n) is 2.55. The van der Waals surface area contributed by atoms with Crippen LogP contribution < -0.4 is 4.74 Å². The lowest BCUT2D eigenvalue weighted by molar-refractivity contribution is 0.415. The van der Waals surface area contributed by atoms with E-state index in [4.69, 9.17) is 4.74 Å². The average Bonchev–Trinajstić information content (AvgIpc) is 2.58. The third-order valence-corrected chi connectivity index (χ3v) is 3.91. The molecule has 0 amide bonds. The highest BCUT2D eigenvalue weighted by atomic mass is 16.5. The van der Waals surface area contributed by atoms with Crippen molar-refractivity contribution < 1.29 is 4.74 Å². The molecule has 0 unspecified atom stereocenters. The number of hydrogen-bond donors (Lipinski definition) is 0. The molecule has 2 rings (SSSR count). The summed E-state index contributed by atoms with van der Waals surface area (Å²) in [5, 5.41) is 0. The fourth-order valence-corrected chi connectivity index (χ4v) is 2.55. The molecular formula is C22H25NO. The summed E-state index contributed by atoms with van der Waals surface area (Å²) in [4.78, 5) is 4.67. The molecule has 0 atom stereocenters. The second kappa shape index (κ2) is 8.36. The van der Waals surface area contributed by atoms with Crippen LogP contribution in [0.15, 0.2) is 47.5 Å². The van der Waals surface area contributed by atoms with E-state index in [0.717, 1.165) is 17.0 Å². The second-order valence-electron chi connectivity index (χ2n) is 6.35. The van der Waals surface area contributed by atoms with E-state index in [1.54, 1.807) is 13.3 Å². The number of nitrogens with zero attached hydrogens (tertiary/aromatic N) is 1. The molecule has 0 saturated carbocycles. The summed E-state index contributed by atoms with van der Waals surface area (Å²) in [6.45, 7) is 8.78. The van der Waals surface area contributed by atoms with Crippen LogP contribution in [0.5, 0.6) is 5.75 Å². The van der Waals surface area contributed by atoms with Crippen LogP contribution in [0, 0.1) is 11.8 Å². The van der Waals surface area contributed by atoms with Gasteiger partial charge in [-0.1, -0.05) is 51.8 Å². The van der Waals surface area contributed by atoms with Crippen LogP contribution in [0.2, 0.25) is 0 Å². The summed E-state index contributed by atoms with van der Waals surface area (Å²) in [5.74, 6) is 7.85. The standard InChI is InChI=1S/C22H25NO/c1-16(2)20-9-6-10-21(17(3)4)22(20)23-15-7-8-18-11-13-19(24-5)14-12-18/h6,9-17H,1-5H3. The zero-order valence-electron chi connectivity index (χ0n) is 15.1. The Labute approximate surface area is 145 Å². The van der Waals surface area contributed by atoms with Gasteiger partial charge in [0.05, 0.1) is 19.0 Å². The molecule has 0 radical (unpaired) electrons. The van der Waals surface area contributed by atoms with Gasteiger partial charge in [0.15, 0.2) is 0 Å². The van der Waals surface area contributed by atoms with Crippen molar-refractivity contribution >= 4 is 11.9 Å². The van der Waals surface area contributed by atoms with E-state index < -0.39 is 0 Å². The van der Waals surface area contributed by atoms with Gasteiger partial charge in [-0.25, -0.2) is 4.99 Å². The summed E-state index contributed by atoms with van der Waals surface area (Å²) in [6.07, 6.45) is 1.71. The first-order valence-electron chi connectivity index (χ1n) is 8.33. The van der Waals surface area contributed by atoms with Crippen molar-refractivity contribution in [3.63, 3.8) is 0 Å². The highest BCUT2D eigenvalue weighted by Gasteiger charge is 2.12. The maximum atomic E-state index is 5.15. The van der Waals surface area contributed by atoms with Crippen LogP contribution in [0.3, 0.4) is 0 Å². The number of rotatable bonds is 4. The maximum Gasteiger partial charge on any atom is 0.118 e. The minimum absolute atomic E-state index is 0.436. The molecule has 2 aromatic rings. The topological polar surface area (TPSA) is 21.6 Å². The average molecular weight is 319 g/mol. The maximum absolute atomic E-state index is 5.15. The molecule has 0 N–H and O–H groups in total. The summed E-state index contributed by atoms with van der Waals surface area (Å²) < 4.78 is 5.15. The van der Waals surface area contributed by atoms with E-state index in [1.165, 1.54) is 11.1 Å². The number of hydrogen-bond acceptors (Lipinski definition) is 2. The van der Waals surface area contributed by atoms with Crippen LogP contribution in [0.25, 0.3) is 0 Å². The summed E-state index contributed by atoms with van der Waals surface area (Å²) in [6, 6.07) is 14.1. The van der Waals surface area contributed by atoms with Crippen LogP contribution in [0.1, 0.15) is 56.2 Å². The van der Waals surface area contributed by atoms with E-state index >= 15 is 0 Å². The van der Waals surface area contributed by atoms with Crippen molar-refractivity contribution in [3.05, 3.63) is 59.2 Å². The van der Waals surface area contributed by atoms with Crippen molar-refractivity contribution in [2.75, 3.05) is 7.11 Å². The fraction of sp³-hybridized carbons (Fsp3) is 0.318. The number of ether oxygens (including phenoxy) is 1. The van der Waals surface area contributed by atoms with Gasteiger partial charge in [0.2, 0.25) is 0 Å². The van der Waals surface area contributed by atoms with Gasteiger partial charge in [0.25, 0.3) is 0 Å². The molecule has 2 nitrogen and oxygen atoms in total. The molecule has 0 aliphatic heterocycles. The van der Waals surface area contributed by atoms with Gasteiger partial charge in [0, 0.05) is 5.56 Å². The van der Waals surface area contributed by atoms with Gasteiger partial charge in [-0.3, -0.25) is 0 Å². The van der Waals surface area contributed by atoms with Crippen LogP contribution in [0.4, 0.5) is 5.69 Å². The first kappa shape index (κ1) is 17.8. The zero-order chi connectivity index (χ0) is 17.5. The van der Waals surface area contributed by atoms with E-state index in [9.17, 15) is 0 Å². The van der Waals surface area contributed by atoms with Gasteiger partial charge in [-0.2, -0.15) is 0 Å². The largest absolute Gasteiger partial charge is 0.497 e. The van der Waals surface area contributed by atoms with Crippen LogP contribution in [-0.4, -0.2) is 13.3 Å². The SMILES string of the molecule is COc1ccc(C#CC=Nc2c(C(C)C)cccc2C(C)C)cc1. The van der Waals surface area contributed by atoms with E-state index in [2.05, 4.69) is 62.7 Å². The molecular weight excluding hydrogens is 294 g/mol.